The molecule has 73 heavy (non-hydrogen) atoms. The van der Waals surface area contributed by atoms with Gasteiger partial charge in [-0.3, -0.25) is 0 Å². The van der Waals surface area contributed by atoms with E-state index < -0.39 is 11.7 Å². The maximum Gasteiger partial charge on any atom is 0.417 e. The van der Waals surface area contributed by atoms with Gasteiger partial charge in [0.1, 0.15) is 11.6 Å². The molecule has 0 bridgehead atoms. The molecule has 0 saturated carbocycles. The standard InChI is InChI=1S/C67H48F3N3/c1-40-15-6-10-20-50(40)45-25-29-54-55-30-26-46(51-21-11-7-16-41(51)2)34-61(55)72(60(54)33-45)64-37-49(66-44(5)19-14-24-59(66)67(68,69)70)38-65(58(64)39-71)73-62-35-47(52-22-12-8-17-42(52)3)27-31-56(62)57-32-28-48(36-63(57)73)53-23-13-9-18-43(53)4/h6-38H,1-5H3. The van der Waals surface area contributed by atoms with E-state index >= 15 is 13.2 Å². The van der Waals surface area contributed by atoms with Crippen LogP contribution in [0.25, 0.3) is 111 Å². The third-order valence-electron chi connectivity index (χ3n) is 14.9. The highest BCUT2D eigenvalue weighted by atomic mass is 19.4. The fraction of sp³-hybridized carbons (Fsp3) is 0.0896. The predicted molar refractivity (Wildman–Crippen MR) is 296 cm³/mol. The second kappa shape index (κ2) is 17.4. The van der Waals surface area contributed by atoms with Gasteiger partial charge in [-0.1, -0.05) is 158 Å². The van der Waals surface area contributed by atoms with Crippen LogP contribution in [0.3, 0.4) is 0 Å². The van der Waals surface area contributed by atoms with E-state index in [9.17, 15) is 5.26 Å². The molecule has 0 fully saturated rings. The Hall–Kier alpha value is -8.92. The second-order valence-corrected chi connectivity index (χ2v) is 19.4. The van der Waals surface area contributed by atoms with Gasteiger partial charge in [-0.05, 0) is 161 Å². The van der Waals surface area contributed by atoms with Gasteiger partial charge in [0.15, 0.2) is 0 Å². The Morgan fingerprint density at radius 2 is 0.671 bits per heavy atom. The largest absolute Gasteiger partial charge is 0.417 e. The minimum absolute atomic E-state index is 0.0610. The molecule has 352 valence electrons. The Morgan fingerprint density at radius 3 is 0.973 bits per heavy atom. The van der Waals surface area contributed by atoms with Gasteiger partial charge < -0.3 is 9.13 Å². The molecule has 0 radical (unpaired) electrons. The number of benzene rings is 10. The summed E-state index contributed by atoms with van der Waals surface area (Å²) in [4.78, 5) is 0. The van der Waals surface area contributed by atoms with Gasteiger partial charge in [-0.25, -0.2) is 0 Å². The summed E-state index contributed by atoms with van der Waals surface area (Å²) in [5, 5.41) is 15.8. The molecule has 2 aromatic heterocycles. The molecule has 12 aromatic rings. The molecule has 2 heterocycles. The van der Waals surface area contributed by atoms with Crippen LogP contribution in [-0.4, -0.2) is 9.13 Å². The number of fused-ring (bicyclic) bond motifs is 6. The Labute approximate surface area is 422 Å². The van der Waals surface area contributed by atoms with E-state index in [1.807, 2.05) is 60.7 Å². The van der Waals surface area contributed by atoms with Crippen LogP contribution in [0.15, 0.2) is 200 Å². The maximum atomic E-state index is 15.5. The zero-order valence-electron chi connectivity index (χ0n) is 41.0. The number of aryl methyl sites for hydroxylation is 5. The van der Waals surface area contributed by atoms with Crippen molar-refractivity contribution < 1.29 is 13.2 Å². The Morgan fingerprint density at radius 1 is 0.356 bits per heavy atom. The predicted octanol–water partition coefficient (Wildman–Crippen LogP) is 18.6. The van der Waals surface area contributed by atoms with Crippen LogP contribution in [0.5, 0.6) is 0 Å². The summed E-state index contributed by atoms with van der Waals surface area (Å²) < 4.78 is 50.8. The van der Waals surface area contributed by atoms with E-state index in [1.54, 1.807) is 13.0 Å². The van der Waals surface area contributed by atoms with Gasteiger partial charge in [0.2, 0.25) is 0 Å². The van der Waals surface area contributed by atoms with Crippen LogP contribution >= 0.6 is 0 Å². The Bertz CT molecular complexity index is 3830. The number of alkyl halides is 3. The van der Waals surface area contributed by atoms with E-state index in [4.69, 9.17) is 0 Å². The van der Waals surface area contributed by atoms with Gasteiger partial charge >= 0.3 is 6.18 Å². The van der Waals surface area contributed by atoms with Gasteiger partial charge in [0, 0.05) is 21.5 Å². The van der Waals surface area contributed by atoms with Crippen molar-refractivity contribution in [3.05, 3.63) is 239 Å². The number of halogens is 3. The van der Waals surface area contributed by atoms with E-state index in [2.05, 4.69) is 164 Å². The highest BCUT2D eigenvalue weighted by molar-refractivity contribution is 6.13. The van der Waals surface area contributed by atoms with Crippen molar-refractivity contribution in [2.75, 3.05) is 0 Å². The lowest BCUT2D eigenvalue weighted by Crippen LogP contribution is -2.10. The van der Waals surface area contributed by atoms with Crippen molar-refractivity contribution in [2.45, 2.75) is 40.8 Å². The summed E-state index contributed by atoms with van der Waals surface area (Å²) >= 11 is 0. The first-order chi connectivity index (χ1) is 35.4. The van der Waals surface area contributed by atoms with Gasteiger partial charge in [-0.2, -0.15) is 18.4 Å². The lowest BCUT2D eigenvalue weighted by atomic mass is 9.92. The van der Waals surface area contributed by atoms with Crippen LogP contribution < -0.4 is 0 Å². The van der Waals surface area contributed by atoms with E-state index in [-0.39, 0.29) is 5.56 Å². The average molecular weight is 952 g/mol. The normalized spacial score (nSPS) is 11.8. The first-order valence-corrected chi connectivity index (χ1v) is 24.5. The monoisotopic (exact) mass is 951 g/mol. The van der Waals surface area contributed by atoms with Crippen LogP contribution in [0.2, 0.25) is 0 Å². The molecule has 0 spiro atoms. The molecule has 0 saturated heterocycles. The molecule has 0 aliphatic heterocycles. The Balaban J connectivity index is 1.27. The molecule has 0 N–H and O–H groups in total. The molecular weight excluding hydrogens is 904 g/mol. The molecule has 0 amide bonds. The number of nitrogens with zero attached hydrogens (tertiary/aromatic N) is 3. The van der Waals surface area contributed by atoms with Crippen LogP contribution in [0, 0.1) is 45.9 Å². The minimum Gasteiger partial charge on any atom is -0.308 e. The lowest BCUT2D eigenvalue weighted by molar-refractivity contribution is -0.137. The van der Waals surface area contributed by atoms with Crippen molar-refractivity contribution in [2.24, 2.45) is 0 Å². The molecule has 10 aromatic carbocycles. The van der Waals surface area contributed by atoms with Crippen LogP contribution in [0.1, 0.15) is 38.9 Å². The van der Waals surface area contributed by atoms with Crippen LogP contribution in [0.4, 0.5) is 13.2 Å². The number of rotatable bonds is 7. The summed E-state index contributed by atoms with van der Waals surface area (Å²) in [6, 6.07) is 69.4. The second-order valence-electron chi connectivity index (χ2n) is 19.4. The van der Waals surface area contributed by atoms with Crippen molar-refractivity contribution in [3.8, 4) is 73.1 Å². The molecule has 6 heteroatoms. The fourth-order valence-corrected chi connectivity index (χ4v) is 11.3. The van der Waals surface area contributed by atoms with Crippen molar-refractivity contribution in [3.63, 3.8) is 0 Å². The van der Waals surface area contributed by atoms with E-state index in [0.717, 1.165) is 116 Å². The summed E-state index contributed by atoms with van der Waals surface area (Å²) in [5.41, 5.74) is 17.3. The van der Waals surface area contributed by atoms with Gasteiger partial charge in [0.25, 0.3) is 0 Å². The molecular formula is C67H48F3N3. The summed E-state index contributed by atoms with van der Waals surface area (Å²) in [5.74, 6) is 0. The topological polar surface area (TPSA) is 33.6 Å². The molecule has 0 atom stereocenters. The number of hydrogen-bond acceptors (Lipinski definition) is 1. The zero-order valence-corrected chi connectivity index (χ0v) is 41.0. The fourth-order valence-electron chi connectivity index (χ4n) is 11.3. The Kier molecular flexibility index (Phi) is 10.8. The quantitative estimate of drug-likeness (QED) is 0.157. The number of hydrogen-bond donors (Lipinski definition) is 0. The molecule has 0 aliphatic carbocycles. The van der Waals surface area contributed by atoms with Crippen molar-refractivity contribution in [1.29, 1.82) is 5.26 Å². The molecule has 12 rings (SSSR count). The highest BCUT2D eigenvalue weighted by Gasteiger charge is 2.35. The first kappa shape index (κ1) is 45.2. The lowest BCUT2D eigenvalue weighted by Gasteiger charge is -2.21. The maximum absolute atomic E-state index is 15.5. The van der Waals surface area contributed by atoms with Crippen molar-refractivity contribution >= 4 is 43.6 Å². The summed E-state index contributed by atoms with van der Waals surface area (Å²) in [6.07, 6.45) is -4.68. The highest BCUT2D eigenvalue weighted by Crippen LogP contribution is 2.46. The molecule has 0 unspecified atom stereocenters. The number of nitriles is 1. The summed E-state index contributed by atoms with van der Waals surface area (Å²) in [6.45, 7) is 10.1. The number of aromatic nitrogens is 2. The van der Waals surface area contributed by atoms with Gasteiger partial charge in [0.05, 0.1) is 39.0 Å². The van der Waals surface area contributed by atoms with Gasteiger partial charge in [-0.15, -0.1) is 0 Å². The van der Waals surface area contributed by atoms with E-state index in [1.165, 1.54) is 6.07 Å². The zero-order chi connectivity index (χ0) is 50.3. The SMILES string of the molecule is Cc1ccccc1-c1ccc2c3ccc(-c4ccccc4C)cc3n(-c3cc(-c4c(C)cccc4C(F)(F)F)cc(-n4c5cc(-c6ccccc6C)ccc5c5ccc(-c6ccccc6C)cc54)c3C#N)c2c1. The molecule has 3 nitrogen and oxygen atoms in total. The average Bonchev–Trinajstić information content (AvgIpc) is 3.89. The van der Waals surface area contributed by atoms with Crippen LogP contribution in [-0.2, 0) is 6.18 Å². The summed E-state index contributed by atoms with van der Waals surface area (Å²) in [7, 11) is 0. The minimum atomic E-state index is -4.68. The van der Waals surface area contributed by atoms with Crippen molar-refractivity contribution in [1.82, 2.24) is 9.13 Å². The van der Waals surface area contributed by atoms with E-state index in [0.29, 0.717) is 28.1 Å². The molecule has 0 aliphatic rings. The smallest absolute Gasteiger partial charge is 0.308 e. The third kappa shape index (κ3) is 7.51. The first-order valence-electron chi connectivity index (χ1n) is 24.5. The third-order valence-corrected chi connectivity index (χ3v) is 14.9.